The fourth-order valence-corrected chi connectivity index (χ4v) is 4.96. The molecule has 0 saturated heterocycles. The van der Waals surface area contributed by atoms with Crippen molar-refractivity contribution in [2.45, 2.75) is 47.0 Å². The van der Waals surface area contributed by atoms with E-state index >= 15 is 0 Å². The van der Waals surface area contributed by atoms with Crippen molar-refractivity contribution in [1.82, 2.24) is 0 Å². The third-order valence-electron chi connectivity index (χ3n) is 5.02. The van der Waals surface area contributed by atoms with Crippen molar-refractivity contribution in [2.24, 2.45) is 5.41 Å². The molecule has 148 valence electrons. The quantitative estimate of drug-likeness (QED) is 0.441. The van der Waals surface area contributed by atoms with Gasteiger partial charge in [-0.05, 0) is 0 Å². The third kappa shape index (κ3) is 6.00. The molecular weight excluding hydrogens is 442 g/mol. The van der Waals surface area contributed by atoms with Crippen LogP contribution in [0.5, 0.6) is 0 Å². The largest absolute Gasteiger partial charge is 1.00 e. The number of allylic oxidation sites excluding steroid dienone is 4. The second kappa shape index (κ2) is 11.0. The molecule has 4 heteroatoms. The summed E-state index contributed by atoms with van der Waals surface area (Å²) in [6.07, 6.45) is 3.51. The number of rotatable bonds is 3. The van der Waals surface area contributed by atoms with Crippen LogP contribution >= 0.6 is 0 Å². The Hall–Kier alpha value is -0.496. The zero-order valence-electron chi connectivity index (χ0n) is 17.1. The van der Waals surface area contributed by atoms with Gasteiger partial charge in [0.05, 0.1) is 0 Å². The Bertz CT molecular complexity index is 815. The SMILES string of the molecule is Cc1cccc(C(C2=[C]([Ti+3])C(C(C)(C)C)=CC2)c2cccc(C)c2)c1.[Cl-].[Cl-].[Cl-]. The smallest absolute Gasteiger partial charge is 1.00 e. The molecule has 3 rings (SSSR count). The van der Waals surface area contributed by atoms with Crippen molar-refractivity contribution in [3.63, 3.8) is 0 Å². The van der Waals surface area contributed by atoms with E-state index in [4.69, 9.17) is 0 Å². The van der Waals surface area contributed by atoms with Crippen LogP contribution in [0, 0.1) is 19.3 Å². The van der Waals surface area contributed by atoms with Crippen LogP contribution in [-0.4, -0.2) is 0 Å². The molecule has 0 fully saturated rings. The molecule has 1 aliphatic carbocycles. The Balaban J connectivity index is 0.00000243. The Labute approximate surface area is 200 Å². The molecule has 0 heterocycles. The van der Waals surface area contributed by atoms with Gasteiger partial charge in [-0.3, -0.25) is 0 Å². The topological polar surface area (TPSA) is 0 Å². The second-order valence-corrected chi connectivity index (χ2v) is 9.01. The minimum absolute atomic E-state index is 0. The van der Waals surface area contributed by atoms with Crippen molar-refractivity contribution in [2.75, 3.05) is 0 Å². The number of aryl methyl sites for hydroxylation is 2. The summed E-state index contributed by atoms with van der Waals surface area (Å²) < 4.78 is 1.49. The third-order valence-corrected chi connectivity index (χ3v) is 5.95. The Kier molecular flexibility index (Phi) is 10.9. The number of hydrogen-bond acceptors (Lipinski definition) is 0. The molecule has 0 nitrogen and oxygen atoms in total. The van der Waals surface area contributed by atoms with Crippen molar-refractivity contribution in [3.8, 4) is 0 Å². The maximum Gasteiger partial charge on any atom is -1.00 e. The van der Waals surface area contributed by atoms with E-state index in [0.717, 1.165) is 6.42 Å². The predicted molar refractivity (Wildman–Crippen MR) is 103 cm³/mol. The van der Waals surface area contributed by atoms with Crippen LogP contribution < -0.4 is 37.2 Å². The van der Waals surface area contributed by atoms with Crippen LogP contribution in [0.1, 0.15) is 55.4 Å². The van der Waals surface area contributed by atoms with E-state index in [-0.39, 0.29) is 42.6 Å². The maximum atomic E-state index is 2.45. The fourth-order valence-electron chi connectivity index (χ4n) is 3.83. The molecule has 1 aliphatic rings. The summed E-state index contributed by atoms with van der Waals surface area (Å²) in [7, 11) is 0. The summed E-state index contributed by atoms with van der Waals surface area (Å²) >= 11 is 2.32. The number of benzene rings is 2. The van der Waals surface area contributed by atoms with Gasteiger partial charge in [0.1, 0.15) is 0 Å². The fraction of sp³-hybridized carbons (Fsp3) is 0.333. The first-order chi connectivity index (χ1) is 11.8. The minimum atomic E-state index is 0. The molecule has 0 unspecified atom stereocenters. The van der Waals surface area contributed by atoms with Gasteiger partial charge in [-0.25, -0.2) is 0 Å². The molecule has 0 aromatic heterocycles. The van der Waals surface area contributed by atoms with Crippen LogP contribution in [0.2, 0.25) is 0 Å². The molecule has 0 spiro atoms. The van der Waals surface area contributed by atoms with Crippen LogP contribution in [0.15, 0.2) is 69.6 Å². The molecule has 28 heavy (non-hydrogen) atoms. The molecule has 2 aromatic rings. The summed E-state index contributed by atoms with van der Waals surface area (Å²) in [5.74, 6) is 0.343. The van der Waals surface area contributed by atoms with E-state index < -0.39 is 0 Å². The molecule has 0 aliphatic heterocycles. The Morgan fingerprint density at radius 2 is 1.29 bits per heavy atom. The van der Waals surface area contributed by atoms with E-state index in [0.29, 0.717) is 5.92 Å². The van der Waals surface area contributed by atoms with Gasteiger partial charge in [-0.2, -0.15) is 0 Å². The predicted octanol–water partition coefficient (Wildman–Crippen LogP) is -2.38. The van der Waals surface area contributed by atoms with Gasteiger partial charge in [-0.15, -0.1) is 0 Å². The number of hydrogen-bond donors (Lipinski definition) is 0. The van der Waals surface area contributed by atoms with E-state index in [1.165, 1.54) is 31.7 Å². The summed E-state index contributed by atoms with van der Waals surface area (Å²) in [5.41, 5.74) is 8.74. The maximum absolute atomic E-state index is 2.45. The van der Waals surface area contributed by atoms with Crippen LogP contribution in [0.4, 0.5) is 0 Å². The molecule has 0 radical (unpaired) electrons. The molecular formula is C24H27Cl3Ti. The molecule has 0 amide bonds. The van der Waals surface area contributed by atoms with E-state index in [2.05, 4.69) is 110 Å². The zero-order chi connectivity index (χ0) is 18.2. The van der Waals surface area contributed by atoms with Crippen molar-refractivity contribution in [1.29, 1.82) is 0 Å². The summed E-state index contributed by atoms with van der Waals surface area (Å²) in [6, 6.07) is 18.0. The molecule has 0 saturated carbocycles. The van der Waals surface area contributed by atoms with E-state index in [9.17, 15) is 0 Å². The van der Waals surface area contributed by atoms with Gasteiger partial charge >= 0.3 is 165 Å². The van der Waals surface area contributed by atoms with Crippen LogP contribution in [-0.2, 0) is 20.4 Å². The first-order valence-electron chi connectivity index (χ1n) is 9.06. The average Bonchev–Trinajstić information content (AvgIpc) is 2.90. The first-order valence-corrected chi connectivity index (χ1v) is 9.84. The molecule has 0 atom stereocenters. The van der Waals surface area contributed by atoms with Gasteiger partial charge in [0, 0.05) is 0 Å². The van der Waals surface area contributed by atoms with Gasteiger partial charge in [0.2, 0.25) is 0 Å². The Morgan fingerprint density at radius 3 is 1.64 bits per heavy atom. The van der Waals surface area contributed by atoms with E-state index in [1.807, 2.05) is 0 Å². The van der Waals surface area contributed by atoms with Gasteiger partial charge in [0.15, 0.2) is 0 Å². The molecule has 2 aromatic carbocycles. The van der Waals surface area contributed by atoms with Crippen molar-refractivity contribution in [3.05, 3.63) is 91.9 Å². The second-order valence-electron chi connectivity index (χ2n) is 8.23. The van der Waals surface area contributed by atoms with Gasteiger partial charge in [-0.1, -0.05) is 0 Å². The average molecular weight is 470 g/mol. The monoisotopic (exact) mass is 468 g/mol. The molecule has 0 bridgehead atoms. The summed E-state index contributed by atoms with van der Waals surface area (Å²) in [6.45, 7) is 11.3. The number of halogens is 3. The van der Waals surface area contributed by atoms with Crippen molar-refractivity contribution < 1.29 is 57.7 Å². The first kappa shape index (κ1) is 27.5. The van der Waals surface area contributed by atoms with Crippen molar-refractivity contribution >= 4 is 0 Å². The van der Waals surface area contributed by atoms with Crippen LogP contribution in [0.25, 0.3) is 0 Å². The summed E-state index contributed by atoms with van der Waals surface area (Å²) in [5, 5.41) is 0. The standard InChI is InChI=1S/C24H27.3ClH.Ti/c1-17-8-6-10-19(14-17)23(20-11-7-9-18(2)15-20)21-12-13-22(16-21)24(3,4)5;;;;/h6-11,13-15,23H,12H2,1-5H3;3*1H;/q;;;;+3/p-3. The van der Waals surface area contributed by atoms with Gasteiger partial charge in [0.25, 0.3) is 0 Å². The zero-order valence-corrected chi connectivity index (χ0v) is 20.9. The summed E-state index contributed by atoms with van der Waals surface area (Å²) in [4.78, 5) is 0. The van der Waals surface area contributed by atoms with Crippen LogP contribution in [0.3, 0.4) is 0 Å². The Morgan fingerprint density at radius 1 is 0.821 bits per heavy atom. The minimum Gasteiger partial charge on any atom is -1.00 e. The normalized spacial score (nSPS) is 13.5. The van der Waals surface area contributed by atoms with Gasteiger partial charge < -0.3 is 37.2 Å². The van der Waals surface area contributed by atoms with E-state index in [1.54, 1.807) is 5.57 Å². The molecule has 0 N–H and O–H groups in total.